The zero-order chi connectivity index (χ0) is 22.0. The molecule has 0 saturated carbocycles. The van der Waals surface area contributed by atoms with Crippen LogP contribution in [0.2, 0.25) is 0 Å². The van der Waals surface area contributed by atoms with E-state index in [-0.39, 0.29) is 29.3 Å². The first-order chi connectivity index (χ1) is 14.9. The highest BCUT2D eigenvalue weighted by molar-refractivity contribution is 7.89. The summed E-state index contributed by atoms with van der Waals surface area (Å²) in [5, 5.41) is 2.87. The van der Waals surface area contributed by atoms with Crippen LogP contribution in [0.1, 0.15) is 51.9 Å². The topological polar surface area (TPSA) is 90.0 Å². The quantitative estimate of drug-likeness (QED) is 0.645. The third-order valence-corrected chi connectivity index (χ3v) is 8.35. The number of nitrogens with zero attached hydrogens (tertiary/aromatic N) is 3. The Kier molecular flexibility index (Phi) is 6.52. The van der Waals surface area contributed by atoms with Gasteiger partial charge in [-0.05, 0) is 56.7 Å². The molecule has 1 N–H and O–H groups in total. The molecule has 0 bridgehead atoms. The van der Waals surface area contributed by atoms with E-state index in [9.17, 15) is 18.0 Å². The first-order valence-electron chi connectivity index (χ1n) is 11.4. The number of nitrogens with one attached hydrogen (secondary N) is 1. The Labute approximate surface area is 184 Å². The highest BCUT2D eigenvalue weighted by Gasteiger charge is 2.41. The summed E-state index contributed by atoms with van der Waals surface area (Å²) in [6.07, 6.45) is 6.30. The van der Waals surface area contributed by atoms with Crippen molar-refractivity contribution in [1.29, 1.82) is 0 Å². The maximum atomic E-state index is 13.3. The van der Waals surface area contributed by atoms with Crippen molar-refractivity contribution in [1.82, 2.24) is 9.62 Å². The second-order valence-electron chi connectivity index (χ2n) is 8.59. The maximum absolute atomic E-state index is 13.3. The summed E-state index contributed by atoms with van der Waals surface area (Å²) < 4.78 is 27.7. The van der Waals surface area contributed by atoms with Gasteiger partial charge in [0.1, 0.15) is 12.6 Å². The SMILES string of the molecule is CCCCNC(=O)CN1C(=O)C2CCCCN2c2ccc(S(=O)(=O)N3CCCC3)cc21. The highest BCUT2D eigenvalue weighted by atomic mass is 32.2. The Hall–Kier alpha value is -2.13. The maximum Gasteiger partial charge on any atom is 0.250 e. The molecule has 0 radical (unpaired) electrons. The van der Waals surface area contributed by atoms with Crippen molar-refractivity contribution in [3.05, 3.63) is 18.2 Å². The molecule has 0 spiro atoms. The molecule has 1 unspecified atom stereocenters. The fourth-order valence-corrected chi connectivity index (χ4v) is 6.28. The van der Waals surface area contributed by atoms with Gasteiger partial charge in [-0.3, -0.25) is 14.5 Å². The number of anilines is 2. The minimum atomic E-state index is -3.61. The summed E-state index contributed by atoms with van der Waals surface area (Å²) in [6.45, 7) is 4.34. The lowest BCUT2D eigenvalue weighted by Crippen LogP contribution is -2.57. The predicted octanol–water partition coefficient (Wildman–Crippen LogP) is 2.09. The molecule has 0 aromatic heterocycles. The fraction of sp³-hybridized carbons (Fsp3) is 0.636. The number of rotatable bonds is 7. The average molecular weight is 449 g/mol. The van der Waals surface area contributed by atoms with Crippen LogP contribution in [0.25, 0.3) is 0 Å². The van der Waals surface area contributed by atoms with Gasteiger partial charge in [-0.15, -0.1) is 0 Å². The van der Waals surface area contributed by atoms with Gasteiger partial charge in [-0.25, -0.2) is 8.42 Å². The number of fused-ring (bicyclic) bond motifs is 3. The normalized spacial score (nSPS) is 21.7. The van der Waals surface area contributed by atoms with Crippen molar-refractivity contribution < 1.29 is 18.0 Å². The number of amides is 2. The van der Waals surface area contributed by atoms with E-state index in [4.69, 9.17) is 0 Å². The number of carbonyl (C=O) groups excluding carboxylic acids is 2. The molecule has 170 valence electrons. The van der Waals surface area contributed by atoms with Gasteiger partial charge >= 0.3 is 0 Å². The molecule has 3 heterocycles. The summed E-state index contributed by atoms with van der Waals surface area (Å²) >= 11 is 0. The molecular weight excluding hydrogens is 416 g/mol. The van der Waals surface area contributed by atoms with Crippen LogP contribution in [0.4, 0.5) is 11.4 Å². The molecule has 1 aromatic carbocycles. The molecule has 8 nitrogen and oxygen atoms in total. The number of unbranched alkanes of at least 4 members (excludes halogenated alkanes) is 1. The van der Waals surface area contributed by atoms with Crippen molar-refractivity contribution in [3.8, 4) is 0 Å². The number of hydrogen-bond acceptors (Lipinski definition) is 5. The van der Waals surface area contributed by atoms with Crippen LogP contribution in [-0.2, 0) is 19.6 Å². The van der Waals surface area contributed by atoms with Gasteiger partial charge in [-0.2, -0.15) is 4.31 Å². The van der Waals surface area contributed by atoms with Crippen LogP contribution in [-0.4, -0.2) is 63.3 Å². The van der Waals surface area contributed by atoms with Crippen LogP contribution in [0.5, 0.6) is 0 Å². The van der Waals surface area contributed by atoms with Crippen molar-refractivity contribution >= 4 is 33.2 Å². The van der Waals surface area contributed by atoms with E-state index in [1.54, 1.807) is 12.1 Å². The Morgan fingerprint density at radius 1 is 1.10 bits per heavy atom. The third-order valence-electron chi connectivity index (χ3n) is 6.46. The van der Waals surface area contributed by atoms with E-state index in [1.165, 1.54) is 9.21 Å². The van der Waals surface area contributed by atoms with Crippen molar-refractivity contribution in [3.63, 3.8) is 0 Å². The predicted molar refractivity (Wildman–Crippen MR) is 120 cm³/mol. The van der Waals surface area contributed by atoms with Gasteiger partial charge < -0.3 is 10.2 Å². The molecule has 0 aliphatic carbocycles. The molecule has 2 fully saturated rings. The molecule has 3 aliphatic rings. The van der Waals surface area contributed by atoms with E-state index in [2.05, 4.69) is 17.1 Å². The number of carbonyl (C=O) groups is 2. The van der Waals surface area contributed by atoms with E-state index >= 15 is 0 Å². The second-order valence-corrected chi connectivity index (χ2v) is 10.5. The van der Waals surface area contributed by atoms with Crippen LogP contribution >= 0.6 is 0 Å². The van der Waals surface area contributed by atoms with Gasteiger partial charge in [0.2, 0.25) is 21.8 Å². The summed E-state index contributed by atoms with van der Waals surface area (Å²) in [5.41, 5.74) is 1.36. The van der Waals surface area contributed by atoms with Gasteiger partial charge in [0.05, 0.1) is 16.3 Å². The van der Waals surface area contributed by atoms with Gasteiger partial charge in [0.25, 0.3) is 0 Å². The largest absolute Gasteiger partial charge is 0.358 e. The van der Waals surface area contributed by atoms with E-state index in [1.807, 2.05) is 6.07 Å². The van der Waals surface area contributed by atoms with Crippen LogP contribution in [0.15, 0.2) is 23.1 Å². The molecule has 1 atom stereocenters. The number of sulfonamides is 1. The van der Waals surface area contributed by atoms with Crippen molar-refractivity contribution in [2.45, 2.75) is 62.8 Å². The van der Waals surface area contributed by atoms with E-state index < -0.39 is 10.0 Å². The Morgan fingerprint density at radius 2 is 1.84 bits per heavy atom. The third kappa shape index (κ3) is 4.30. The van der Waals surface area contributed by atoms with Crippen LogP contribution in [0.3, 0.4) is 0 Å². The van der Waals surface area contributed by atoms with Gasteiger partial charge in [0, 0.05) is 26.2 Å². The standard InChI is InChI=1S/C22H32N4O4S/c1-2-3-11-23-21(27)16-26-20-15-17(31(29,30)24-12-6-7-13-24)9-10-18(20)25-14-5-4-8-19(25)22(26)28/h9-10,15,19H,2-8,11-14,16H2,1H3,(H,23,27). The number of piperidine rings is 1. The minimum Gasteiger partial charge on any atom is -0.358 e. The summed E-state index contributed by atoms with van der Waals surface area (Å²) in [6, 6.07) is 4.76. The summed E-state index contributed by atoms with van der Waals surface area (Å²) in [4.78, 5) is 29.7. The molecule has 1 aromatic rings. The lowest BCUT2D eigenvalue weighted by molar-refractivity contribution is -0.125. The average Bonchev–Trinajstić information content (AvgIpc) is 3.32. The molecule has 3 aliphatic heterocycles. The van der Waals surface area contributed by atoms with E-state index in [0.717, 1.165) is 57.2 Å². The molecule has 4 rings (SSSR count). The summed E-state index contributed by atoms with van der Waals surface area (Å²) in [5.74, 6) is -0.335. The van der Waals surface area contributed by atoms with Gasteiger partial charge in [-0.1, -0.05) is 13.3 Å². The Balaban J connectivity index is 1.68. The molecule has 2 amide bonds. The fourth-order valence-electron chi connectivity index (χ4n) is 4.74. The number of benzene rings is 1. The molecule has 31 heavy (non-hydrogen) atoms. The first kappa shape index (κ1) is 22.1. The Bertz CT molecular complexity index is 943. The summed E-state index contributed by atoms with van der Waals surface area (Å²) in [7, 11) is -3.61. The molecule has 2 saturated heterocycles. The second kappa shape index (κ2) is 9.16. The molecule has 9 heteroatoms. The highest BCUT2D eigenvalue weighted by Crippen LogP contribution is 2.41. The van der Waals surface area contributed by atoms with Gasteiger partial charge in [0.15, 0.2) is 0 Å². The number of hydrogen-bond donors (Lipinski definition) is 1. The monoisotopic (exact) mass is 448 g/mol. The Morgan fingerprint density at radius 3 is 2.58 bits per heavy atom. The van der Waals surface area contributed by atoms with Crippen molar-refractivity contribution in [2.75, 3.05) is 42.5 Å². The van der Waals surface area contributed by atoms with Crippen LogP contribution in [0, 0.1) is 0 Å². The lowest BCUT2D eigenvalue weighted by Gasteiger charge is -2.45. The lowest BCUT2D eigenvalue weighted by atomic mass is 9.96. The van der Waals surface area contributed by atoms with E-state index in [0.29, 0.717) is 25.3 Å². The van der Waals surface area contributed by atoms with Crippen LogP contribution < -0.4 is 15.1 Å². The zero-order valence-corrected chi connectivity index (χ0v) is 19.0. The van der Waals surface area contributed by atoms with Crippen molar-refractivity contribution in [2.24, 2.45) is 0 Å². The first-order valence-corrected chi connectivity index (χ1v) is 12.9. The zero-order valence-electron chi connectivity index (χ0n) is 18.2. The smallest absolute Gasteiger partial charge is 0.250 e. The minimum absolute atomic E-state index is 0.0902. The molecular formula is C22H32N4O4S.